The van der Waals surface area contributed by atoms with Crippen LogP contribution in [0.1, 0.15) is 57.1 Å². The predicted molar refractivity (Wildman–Crippen MR) is 164 cm³/mol. The Kier molecular flexibility index (Phi) is 9.79. The molecule has 11 nitrogen and oxygen atoms in total. The van der Waals surface area contributed by atoms with Crippen molar-refractivity contribution < 1.29 is 32.3 Å². The second kappa shape index (κ2) is 13.6. The van der Waals surface area contributed by atoms with Gasteiger partial charge in [-0.15, -0.1) is 0 Å². The average molecular weight is 627 g/mol. The molecule has 3 aliphatic rings. The van der Waals surface area contributed by atoms with Crippen molar-refractivity contribution in [1.82, 2.24) is 19.8 Å². The molecular weight excluding hydrogens is 584 g/mol. The van der Waals surface area contributed by atoms with E-state index in [9.17, 15) is 22.8 Å². The Morgan fingerprint density at radius 3 is 2.57 bits per heavy atom. The van der Waals surface area contributed by atoms with Crippen molar-refractivity contribution in [3.05, 3.63) is 53.6 Å². The third-order valence-corrected chi connectivity index (χ3v) is 10.3. The Morgan fingerprint density at radius 2 is 1.75 bits per heavy atom. The predicted octanol–water partition coefficient (Wildman–Crippen LogP) is 2.58. The van der Waals surface area contributed by atoms with Gasteiger partial charge in [-0.1, -0.05) is 44.2 Å². The SMILES string of the molecule is CC(C)CCN1CC(=O)NC2(CCCc3ccccc32)C(=O)NCCCCN(S(=O)(=O)c2cccc3c2OCCO3)CC1=O. The van der Waals surface area contributed by atoms with E-state index < -0.39 is 33.9 Å². The summed E-state index contributed by atoms with van der Waals surface area (Å²) < 4.78 is 40.5. The number of benzene rings is 2. The van der Waals surface area contributed by atoms with Crippen LogP contribution in [0.15, 0.2) is 47.4 Å². The molecule has 1 fully saturated rings. The van der Waals surface area contributed by atoms with Crippen molar-refractivity contribution in [2.45, 2.75) is 62.8 Å². The van der Waals surface area contributed by atoms with E-state index in [0.717, 1.165) is 28.3 Å². The summed E-state index contributed by atoms with van der Waals surface area (Å²) in [6, 6.07) is 12.3. The van der Waals surface area contributed by atoms with Gasteiger partial charge < -0.3 is 25.0 Å². The first-order chi connectivity index (χ1) is 21.1. The summed E-state index contributed by atoms with van der Waals surface area (Å²) in [4.78, 5) is 42.7. The zero-order valence-corrected chi connectivity index (χ0v) is 26.3. The first-order valence-electron chi connectivity index (χ1n) is 15.5. The van der Waals surface area contributed by atoms with Gasteiger partial charge in [-0.25, -0.2) is 8.42 Å². The number of rotatable bonds is 5. The van der Waals surface area contributed by atoms with Gasteiger partial charge in [0, 0.05) is 19.6 Å². The number of aryl methyl sites for hydroxylation is 1. The van der Waals surface area contributed by atoms with Crippen LogP contribution in [-0.2, 0) is 36.4 Å². The van der Waals surface area contributed by atoms with E-state index in [-0.39, 0.29) is 48.7 Å². The second-order valence-electron chi connectivity index (χ2n) is 12.0. The fourth-order valence-electron chi connectivity index (χ4n) is 6.10. The van der Waals surface area contributed by atoms with Crippen molar-refractivity contribution in [3.63, 3.8) is 0 Å². The molecule has 2 aliphatic heterocycles. The number of nitrogens with zero attached hydrogens (tertiary/aromatic N) is 2. The van der Waals surface area contributed by atoms with Crippen molar-refractivity contribution >= 4 is 27.7 Å². The fraction of sp³-hybridized carbons (Fsp3) is 0.531. The van der Waals surface area contributed by atoms with Crippen LogP contribution in [0, 0.1) is 5.92 Å². The summed E-state index contributed by atoms with van der Waals surface area (Å²) in [5.41, 5.74) is 0.549. The van der Waals surface area contributed by atoms with Crippen LogP contribution < -0.4 is 20.1 Å². The third kappa shape index (κ3) is 6.71. The zero-order valence-electron chi connectivity index (χ0n) is 25.5. The Labute approximate surface area is 259 Å². The van der Waals surface area contributed by atoms with Gasteiger partial charge >= 0.3 is 0 Å². The maximum atomic E-state index is 14.0. The molecule has 238 valence electrons. The molecule has 0 aromatic heterocycles. The summed E-state index contributed by atoms with van der Waals surface area (Å²) in [6.07, 6.45) is 3.48. The summed E-state index contributed by atoms with van der Waals surface area (Å²) in [5.74, 6) is -0.537. The molecule has 1 aliphatic carbocycles. The number of fused-ring (bicyclic) bond motifs is 3. The summed E-state index contributed by atoms with van der Waals surface area (Å²) in [7, 11) is -4.18. The molecule has 0 bridgehead atoms. The topological polar surface area (TPSA) is 134 Å². The lowest BCUT2D eigenvalue weighted by Gasteiger charge is -2.39. The molecule has 0 radical (unpaired) electrons. The van der Waals surface area contributed by atoms with E-state index >= 15 is 0 Å². The van der Waals surface area contributed by atoms with Crippen LogP contribution in [0.4, 0.5) is 0 Å². The van der Waals surface area contributed by atoms with Crippen LogP contribution in [0.5, 0.6) is 11.5 Å². The highest BCUT2D eigenvalue weighted by Crippen LogP contribution is 2.38. The van der Waals surface area contributed by atoms with Gasteiger partial charge in [-0.05, 0) is 67.7 Å². The van der Waals surface area contributed by atoms with Crippen LogP contribution in [0.2, 0.25) is 0 Å². The van der Waals surface area contributed by atoms with E-state index in [2.05, 4.69) is 10.6 Å². The van der Waals surface area contributed by atoms with Gasteiger partial charge in [-0.2, -0.15) is 4.31 Å². The van der Waals surface area contributed by atoms with Crippen LogP contribution in [0.25, 0.3) is 0 Å². The zero-order chi connectivity index (χ0) is 31.3. The maximum Gasteiger partial charge on any atom is 0.250 e. The van der Waals surface area contributed by atoms with Gasteiger partial charge in [0.15, 0.2) is 11.5 Å². The Hall–Kier alpha value is -3.64. The number of ether oxygens (including phenoxy) is 2. The maximum absolute atomic E-state index is 14.0. The number of nitrogens with one attached hydrogen (secondary N) is 2. The molecule has 2 N–H and O–H groups in total. The van der Waals surface area contributed by atoms with Gasteiger partial charge in [0.2, 0.25) is 27.7 Å². The van der Waals surface area contributed by atoms with Gasteiger partial charge in [0.05, 0.1) is 13.1 Å². The van der Waals surface area contributed by atoms with E-state index in [1.54, 1.807) is 12.1 Å². The first kappa shape index (κ1) is 31.8. The molecule has 1 saturated heterocycles. The van der Waals surface area contributed by atoms with Crippen molar-refractivity contribution in [2.24, 2.45) is 5.92 Å². The smallest absolute Gasteiger partial charge is 0.250 e. The standard InChI is InChI=1S/C32H42N4O7S/c1-23(2)14-18-35-21-28(37)34-32(15-8-10-24-9-3-4-11-25(24)32)31(39)33-16-5-6-17-36(22-29(35)38)44(40,41)27-13-7-12-26-30(27)43-20-19-42-26/h3-4,7,9,11-13,23H,5-6,8,10,14-22H2,1-2H3,(H,33,39)(H,34,37). The van der Waals surface area contributed by atoms with E-state index in [1.807, 2.05) is 38.1 Å². The molecule has 1 unspecified atom stereocenters. The molecule has 12 heteroatoms. The lowest BCUT2D eigenvalue weighted by molar-refractivity contribution is -0.139. The van der Waals surface area contributed by atoms with Crippen LogP contribution >= 0.6 is 0 Å². The lowest BCUT2D eigenvalue weighted by Crippen LogP contribution is -2.60. The second-order valence-corrected chi connectivity index (χ2v) is 14.0. The van der Waals surface area contributed by atoms with Gasteiger partial charge in [-0.3, -0.25) is 14.4 Å². The number of carbonyl (C=O) groups excluding carboxylic acids is 3. The van der Waals surface area contributed by atoms with Crippen molar-refractivity contribution in [3.8, 4) is 11.5 Å². The largest absolute Gasteiger partial charge is 0.486 e. The Bertz CT molecular complexity index is 1500. The number of carbonyl (C=O) groups is 3. The molecule has 1 atom stereocenters. The minimum absolute atomic E-state index is 0.0483. The minimum atomic E-state index is -4.18. The molecule has 44 heavy (non-hydrogen) atoms. The van der Waals surface area contributed by atoms with E-state index in [0.29, 0.717) is 44.6 Å². The van der Waals surface area contributed by atoms with Crippen molar-refractivity contribution in [1.29, 1.82) is 0 Å². The number of sulfonamides is 1. The number of hydrogen-bond donors (Lipinski definition) is 2. The van der Waals surface area contributed by atoms with Crippen molar-refractivity contribution in [2.75, 3.05) is 45.9 Å². The number of amides is 3. The molecule has 3 amide bonds. The summed E-state index contributed by atoms with van der Waals surface area (Å²) >= 11 is 0. The Morgan fingerprint density at radius 1 is 0.955 bits per heavy atom. The third-order valence-electron chi connectivity index (χ3n) is 8.46. The monoisotopic (exact) mass is 626 g/mol. The van der Waals surface area contributed by atoms with Crippen LogP contribution in [0.3, 0.4) is 0 Å². The number of hydrogen-bond acceptors (Lipinski definition) is 7. The average Bonchev–Trinajstić information content (AvgIpc) is 3.01. The lowest BCUT2D eigenvalue weighted by atomic mass is 9.75. The molecule has 0 saturated carbocycles. The molecule has 5 rings (SSSR count). The molecular formula is C32H42N4O7S. The minimum Gasteiger partial charge on any atom is -0.486 e. The van der Waals surface area contributed by atoms with Gasteiger partial charge in [0.1, 0.15) is 23.6 Å². The molecule has 2 heterocycles. The molecule has 2 aromatic carbocycles. The first-order valence-corrected chi connectivity index (χ1v) is 16.9. The van der Waals surface area contributed by atoms with E-state index in [1.165, 1.54) is 11.0 Å². The van der Waals surface area contributed by atoms with Crippen LogP contribution in [-0.4, -0.2) is 81.3 Å². The summed E-state index contributed by atoms with van der Waals surface area (Å²) in [5, 5.41) is 6.03. The van der Waals surface area contributed by atoms with Gasteiger partial charge in [0.25, 0.3) is 0 Å². The highest BCUT2D eigenvalue weighted by atomic mass is 32.2. The fourth-order valence-corrected chi connectivity index (χ4v) is 7.68. The quantitative estimate of drug-likeness (QED) is 0.521. The Balaban J connectivity index is 1.46. The molecule has 1 spiro atoms. The highest BCUT2D eigenvalue weighted by molar-refractivity contribution is 7.89. The molecule has 2 aromatic rings. The highest BCUT2D eigenvalue weighted by Gasteiger charge is 2.45. The summed E-state index contributed by atoms with van der Waals surface area (Å²) in [6.45, 7) is 4.44. The van der Waals surface area contributed by atoms with E-state index in [4.69, 9.17) is 9.47 Å². The number of para-hydroxylation sites is 1. The normalized spacial score (nSPS) is 22.2.